The van der Waals surface area contributed by atoms with Crippen molar-refractivity contribution in [2.75, 3.05) is 5.32 Å². The second-order valence-corrected chi connectivity index (χ2v) is 7.83. The molecule has 1 fully saturated rings. The molecule has 142 valence electrons. The van der Waals surface area contributed by atoms with Gasteiger partial charge in [0.15, 0.2) is 0 Å². The van der Waals surface area contributed by atoms with Crippen molar-refractivity contribution in [1.29, 1.82) is 0 Å². The van der Waals surface area contributed by atoms with E-state index >= 15 is 0 Å². The van der Waals surface area contributed by atoms with Crippen LogP contribution in [0.5, 0.6) is 0 Å². The maximum absolute atomic E-state index is 10.1. The minimum atomic E-state index is -0.540. The molecule has 1 aromatic carbocycles. The standard InChI is InChI=1S/C21H22N6O/c1-21(28)6-4-14(5-7-21)26-20-25-12-16-15(11-24-19(16)27-20)13-2-3-17-18(10-13)23-9-8-22-17/h2-3,8-12,14,28H,4-7H2,1H3,(H2,24,25,26,27)/t14-,21+. The van der Waals surface area contributed by atoms with Crippen molar-refractivity contribution in [1.82, 2.24) is 24.9 Å². The maximum Gasteiger partial charge on any atom is 0.224 e. The van der Waals surface area contributed by atoms with Crippen LogP contribution in [0, 0.1) is 0 Å². The van der Waals surface area contributed by atoms with Crippen LogP contribution < -0.4 is 5.32 Å². The van der Waals surface area contributed by atoms with Crippen LogP contribution >= 0.6 is 0 Å². The molecule has 7 nitrogen and oxygen atoms in total. The van der Waals surface area contributed by atoms with E-state index in [2.05, 4.69) is 30.2 Å². The summed E-state index contributed by atoms with van der Waals surface area (Å²) >= 11 is 0. The number of hydrogen-bond donors (Lipinski definition) is 3. The van der Waals surface area contributed by atoms with Gasteiger partial charge in [0, 0.05) is 41.8 Å². The van der Waals surface area contributed by atoms with Gasteiger partial charge in [-0.15, -0.1) is 0 Å². The van der Waals surface area contributed by atoms with Gasteiger partial charge in [-0.3, -0.25) is 9.97 Å². The average molecular weight is 374 g/mol. The van der Waals surface area contributed by atoms with E-state index in [9.17, 15) is 5.11 Å². The van der Waals surface area contributed by atoms with E-state index in [1.54, 1.807) is 12.4 Å². The molecule has 28 heavy (non-hydrogen) atoms. The van der Waals surface area contributed by atoms with Crippen LogP contribution in [-0.4, -0.2) is 41.7 Å². The summed E-state index contributed by atoms with van der Waals surface area (Å²) in [6.45, 7) is 1.91. The molecular weight excluding hydrogens is 352 g/mol. The zero-order valence-corrected chi connectivity index (χ0v) is 15.7. The van der Waals surface area contributed by atoms with Crippen molar-refractivity contribution in [3.8, 4) is 11.1 Å². The molecule has 0 bridgehead atoms. The third-order valence-corrected chi connectivity index (χ3v) is 5.61. The SMILES string of the molecule is C[C@]1(O)CC[C@@H](Nc2ncc3c(-c4ccc5nccnc5c4)c[nH]c3n2)CC1. The first kappa shape index (κ1) is 17.1. The summed E-state index contributed by atoms with van der Waals surface area (Å²) in [4.78, 5) is 21.1. The Hall–Kier alpha value is -3.06. The van der Waals surface area contributed by atoms with Gasteiger partial charge in [-0.2, -0.15) is 4.98 Å². The lowest BCUT2D eigenvalue weighted by atomic mass is 9.84. The molecule has 0 radical (unpaired) electrons. The summed E-state index contributed by atoms with van der Waals surface area (Å²) in [5.41, 5.74) is 4.10. The van der Waals surface area contributed by atoms with Gasteiger partial charge in [0.25, 0.3) is 0 Å². The van der Waals surface area contributed by atoms with Crippen molar-refractivity contribution < 1.29 is 5.11 Å². The van der Waals surface area contributed by atoms with Crippen molar-refractivity contribution in [2.24, 2.45) is 0 Å². The van der Waals surface area contributed by atoms with Crippen LogP contribution in [0.3, 0.4) is 0 Å². The van der Waals surface area contributed by atoms with Crippen LogP contribution in [0.25, 0.3) is 33.2 Å². The smallest absolute Gasteiger partial charge is 0.224 e. The van der Waals surface area contributed by atoms with E-state index < -0.39 is 5.60 Å². The van der Waals surface area contributed by atoms with Crippen LogP contribution in [0.4, 0.5) is 5.95 Å². The van der Waals surface area contributed by atoms with Crippen LogP contribution in [0.15, 0.2) is 43.0 Å². The lowest BCUT2D eigenvalue weighted by Gasteiger charge is -2.33. The normalized spacial score (nSPS) is 22.6. The summed E-state index contributed by atoms with van der Waals surface area (Å²) < 4.78 is 0. The van der Waals surface area contributed by atoms with Crippen LogP contribution in [-0.2, 0) is 0 Å². The van der Waals surface area contributed by atoms with Crippen molar-refractivity contribution in [3.63, 3.8) is 0 Å². The van der Waals surface area contributed by atoms with E-state index in [0.717, 1.165) is 58.9 Å². The van der Waals surface area contributed by atoms with E-state index in [-0.39, 0.29) is 0 Å². The summed E-state index contributed by atoms with van der Waals surface area (Å²) in [6.07, 6.45) is 10.6. The number of rotatable bonds is 3. The number of hydrogen-bond acceptors (Lipinski definition) is 6. The highest BCUT2D eigenvalue weighted by atomic mass is 16.3. The maximum atomic E-state index is 10.1. The Balaban J connectivity index is 1.41. The van der Waals surface area contributed by atoms with Gasteiger partial charge in [0.1, 0.15) is 5.65 Å². The number of aromatic nitrogens is 5. The van der Waals surface area contributed by atoms with Gasteiger partial charge >= 0.3 is 0 Å². The fourth-order valence-corrected chi connectivity index (χ4v) is 3.91. The summed E-state index contributed by atoms with van der Waals surface area (Å²) in [6, 6.07) is 6.35. The molecule has 3 N–H and O–H groups in total. The molecule has 3 heterocycles. The van der Waals surface area contributed by atoms with Crippen molar-refractivity contribution >= 4 is 28.0 Å². The Kier molecular flexibility index (Phi) is 3.98. The minimum absolute atomic E-state index is 0.297. The van der Waals surface area contributed by atoms with Crippen LogP contribution in [0.1, 0.15) is 32.6 Å². The first-order valence-corrected chi connectivity index (χ1v) is 9.62. The molecule has 1 aliphatic carbocycles. The average Bonchev–Trinajstić information content (AvgIpc) is 3.12. The highest BCUT2D eigenvalue weighted by Gasteiger charge is 2.28. The van der Waals surface area contributed by atoms with Gasteiger partial charge in [-0.05, 0) is 50.3 Å². The fourth-order valence-electron chi connectivity index (χ4n) is 3.91. The van der Waals surface area contributed by atoms with Gasteiger partial charge in [0.05, 0.1) is 16.6 Å². The van der Waals surface area contributed by atoms with Gasteiger partial charge in [-0.1, -0.05) is 6.07 Å². The molecule has 0 aliphatic heterocycles. The molecule has 1 saturated carbocycles. The third-order valence-electron chi connectivity index (χ3n) is 5.61. The fraction of sp³-hybridized carbons (Fsp3) is 0.333. The number of nitrogens with one attached hydrogen (secondary N) is 2. The number of aliphatic hydroxyl groups is 1. The Morgan fingerprint density at radius 1 is 1.11 bits per heavy atom. The molecule has 4 aromatic rings. The molecule has 0 unspecified atom stereocenters. The summed E-state index contributed by atoms with van der Waals surface area (Å²) in [5.74, 6) is 0.622. The molecule has 5 rings (SSSR count). The van der Waals surface area contributed by atoms with E-state index in [1.165, 1.54) is 0 Å². The Morgan fingerprint density at radius 3 is 2.71 bits per heavy atom. The third kappa shape index (κ3) is 3.18. The van der Waals surface area contributed by atoms with Gasteiger partial charge in [0.2, 0.25) is 5.95 Å². The lowest BCUT2D eigenvalue weighted by molar-refractivity contribution is 0.0196. The lowest BCUT2D eigenvalue weighted by Crippen LogP contribution is -2.36. The van der Waals surface area contributed by atoms with Crippen molar-refractivity contribution in [2.45, 2.75) is 44.2 Å². The largest absolute Gasteiger partial charge is 0.390 e. The molecular formula is C21H22N6O. The number of nitrogens with zero attached hydrogens (tertiary/aromatic N) is 4. The summed E-state index contributed by atoms with van der Waals surface area (Å²) in [7, 11) is 0. The number of aromatic amines is 1. The predicted octanol–water partition coefficient (Wildman–Crippen LogP) is 3.67. The Labute approximate surface area is 162 Å². The monoisotopic (exact) mass is 374 g/mol. The predicted molar refractivity (Wildman–Crippen MR) is 109 cm³/mol. The molecule has 0 spiro atoms. The Morgan fingerprint density at radius 2 is 1.89 bits per heavy atom. The first-order valence-electron chi connectivity index (χ1n) is 9.62. The van der Waals surface area contributed by atoms with Crippen LogP contribution in [0.2, 0.25) is 0 Å². The highest BCUT2D eigenvalue weighted by molar-refractivity contribution is 5.95. The van der Waals surface area contributed by atoms with E-state index in [1.807, 2.05) is 37.5 Å². The molecule has 7 heteroatoms. The molecule has 1 aliphatic rings. The zero-order valence-electron chi connectivity index (χ0n) is 15.7. The molecule has 3 aromatic heterocycles. The molecule has 0 saturated heterocycles. The van der Waals surface area contributed by atoms with E-state index in [0.29, 0.717) is 12.0 Å². The van der Waals surface area contributed by atoms with Crippen molar-refractivity contribution in [3.05, 3.63) is 43.0 Å². The second kappa shape index (κ2) is 6.53. The quantitative estimate of drug-likeness (QED) is 0.506. The molecule has 0 atom stereocenters. The Bertz CT molecular complexity index is 1140. The first-order chi connectivity index (χ1) is 13.6. The number of H-pyrrole nitrogens is 1. The molecule has 0 amide bonds. The van der Waals surface area contributed by atoms with Gasteiger partial charge in [-0.25, -0.2) is 4.98 Å². The second-order valence-electron chi connectivity index (χ2n) is 7.83. The number of fused-ring (bicyclic) bond motifs is 2. The van der Waals surface area contributed by atoms with Gasteiger partial charge < -0.3 is 15.4 Å². The number of anilines is 1. The summed E-state index contributed by atoms with van der Waals surface area (Å²) in [5, 5.41) is 14.5. The zero-order chi connectivity index (χ0) is 19.1. The minimum Gasteiger partial charge on any atom is -0.390 e. The van der Waals surface area contributed by atoms with E-state index in [4.69, 9.17) is 0 Å². The topological polar surface area (TPSA) is 99.6 Å². The highest BCUT2D eigenvalue weighted by Crippen LogP contribution is 2.31. The number of benzene rings is 1.